The topological polar surface area (TPSA) is 63.1 Å². The van der Waals surface area contributed by atoms with E-state index in [0.717, 1.165) is 44.6 Å². The molecule has 3 aromatic rings. The van der Waals surface area contributed by atoms with Crippen LogP contribution >= 0.6 is 11.6 Å². The Bertz CT molecular complexity index is 1140. The van der Waals surface area contributed by atoms with Crippen molar-refractivity contribution < 1.29 is 18.0 Å². The Morgan fingerprint density at radius 3 is 2.47 bits per heavy atom. The molecule has 10 heteroatoms. The molecule has 0 bridgehead atoms. The second kappa shape index (κ2) is 8.71. The summed E-state index contributed by atoms with van der Waals surface area (Å²) < 4.78 is 40.1. The lowest BCUT2D eigenvalue weighted by Gasteiger charge is -2.31. The van der Waals surface area contributed by atoms with Gasteiger partial charge in [0.2, 0.25) is 0 Å². The summed E-state index contributed by atoms with van der Waals surface area (Å²) in [6, 6.07) is 4.44. The molecule has 1 N–H and O–H groups in total. The van der Waals surface area contributed by atoms with Crippen LogP contribution in [0, 0.1) is 6.92 Å². The number of likely N-dealkylation sites (tertiary alicyclic amines) is 1. The summed E-state index contributed by atoms with van der Waals surface area (Å²) in [5.74, 6) is -0.549. The number of pyridine rings is 1. The van der Waals surface area contributed by atoms with Crippen molar-refractivity contribution in [3.63, 3.8) is 0 Å². The van der Waals surface area contributed by atoms with Gasteiger partial charge in [-0.25, -0.2) is 9.67 Å². The van der Waals surface area contributed by atoms with Crippen molar-refractivity contribution in [2.24, 2.45) is 0 Å². The number of aromatic nitrogens is 3. The van der Waals surface area contributed by atoms with Crippen LogP contribution in [0.5, 0.6) is 0 Å². The zero-order valence-electron chi connectivity index (χ0n) is 17.7. The molecule has 1 aliphatic heterocycles. The number of halogens is 4. The number of aryl methyl sites for hydroxylation is 1. The average Bonchev–Trinajstić information content (AvgIpc) is 3.11. The molecule has 0 spiro atoms. The first kappa shape index (κ1) is 22.5. The predicted molar refractivity (Wildman–Crippen MR) is 117 cm³/mol. The molecule has 1 aromatic carbocycles. The van der Waals surface area contributed by atoms with E-state index < -0.39 is 17.6 Å². The number of hydrogen-bond acceptors (Lipinski definition) is 4. The molecule has 0 radical (unpaired) electrons. The number of hydrogen-bond donors (Lipinski definition) is 1. The lowest BCUT2D eigenvalue weighted by molar-refractivity contribution is -0.137. The Labute approximate surface area is 188 Å². The number of rotatable bonds is 4. The normalized spacial score (nSPS) is 15.9. The van der Waals surface area contributed by atoms with E-state index in [1.54, 1.807) is 0 Å². The standard InChI is InChI=1S/C22H23ClF3N5O/c1-3-30-10-8-16(9-11-30)31-20-18(13(2)29-31)19(23)17(12-27-20)21(32)28-15-6-4-14(5-7-15)22(24,25)26/h4-7,12,16H,3,8-11H2,1-2H3,(H,28,32). The molecule has 170 valence electrons. The van der Waals surface area contributed by atoms with Gasteiger partial charge in [0.25, 0.3) is 5.91 Å². The molecule has 1 fully saturated rings. The van der Waals surface area contributed by atoms with E-state index in [2.05, 4.69) is 27.2 Å². The van der Waals surface area contributed by atoms with Gasteiger partial charge in [-0.05, 0) is 50.6 Å². The minimum absolute atomic E-state index is 0.141. The highest BCUT2D eigenvalue weighted by Crippen LogP contribution is 2.33. The number of carbonyl (C=O) groups excluding carboxylic acids is 1. The van der Waals surface area contributed by atoms with E-state index in [0.29, 0.717) is 16.7 Å². The summed E-state index contributed by atoms with van der Waals surface area (Å²) in [5.41, 5.74) is 0.898. The Hall–Kier alpha value is -2.65. The second-order valence-corrected chi connectivity index (χ2v) is 8.29. The molecule has 1 amide bonds. The molecule has 1 aliphatic rings. The van der Waals surface area contributed by atoms with Crippen molar-refractivity contribution >= 4 is 34.2 Å². The van der Waals surface area contributed by atoms with Crippen LogP contribution in [0.4, 0.5) is 18.9 Å². The van der Waals surface area contributed by atoms with Crippen molar-refractivity contribution in [2.45, 2.75) is 38.9 Å². The molecule has 0 saturated carbocycles. The van der Waals surface area contributed by atoms with E-state index >= 15 is 0 Å². The first-order valence-corrected chi connectivity index (χ1v) is 10.8. The van der Waals surface area contributed by atoms with E-state index in [1.165, 1.54) is 18.3 Å². The molecule has 32 heavy (non-hydrogen) atoms. The van der Waals surface area contributed by atoms with Gasteiger partial charge in [0.15, 0.2) is 5.65 Å². The van der Waals surface area contributed by atoms with Crippen LogP contribution in [0.2, 0.25) is 5.02 Å². The highest BCUT2D eigenvalue weighted by molar-refractivity contribution is 6.39. The van der Waals surface area contributed by atoms with Crippen LogP contribution in [0.25, 0.3) is 11.0 Å². The van der Waals surface area contributed by atoms with Crippen molar-refractivity contribution in [3.8, 4) is 0 Å². The van der Waals surface area contributed by atoms with Gasteiger partial charge >= 0.3 is 6.18 Å². The maximum absolute atomic E-state index is 12.8. The monoisotopic (exact) mass is 465 g/mol. The molecule has 0 atom stereocenters. The van der Waals surface area contributed by atoms with Gasteiger partial charge < -0.3 is 10.2 Å². The van der Waals surface area contributed by atoms with Gasteiger partial charge in [0, 0.05) is 25.0 Å². The first-order valence-electron chi connectivity index (χ1n) is 10.4. The fraction of sp³-hybridized carbons (Fsp3) is 0.409. The molecule has 0 aliphatic carbocycles. The number of anilines is 1. The number of fused-ring (bicyclic) bond motifs is 1. The zero-order valence-corrected chi connectivity index (χ0v) is 18.5. The molecule has 3 heterocycles. The lowest BCUT2D eigenvalue weighted by Crippen LogP contribution is -2.34. The largest absolute Gasteiger partial charge is 0.416 e. The first-order chi connectivity index (χ1) is 15.2. The lowest BCUT2D eigenvalue weighted by atomic mass is 10.1. The maximum Gasteiger partial charge on any atom is 0.416 e. The Balaban J connectivity index is 1.58. The van der Waals surface area contributed by atoms with Gasteiger partial charge in [-0.1, -0.05) is 18.5 Å². The van der Waals surface area contributed by atoms with E-state index in [4.69, 9.17) is 11.6 Å². The minimum Gasteiger partial charge on any atom is -0.322 e. The van der Waals surface area contributed by atoms with Crippen LogP contribution in [-0.2, 0) is 6.18 Å². The zero-order chi connectivity index (χ0) is 23.0. The van der Waals surface area contributed by atoms with Gasteiger partial charge in [-0.2, -0.15) is 18.3 Å². The number of nitrogens with one attached hydrogen (secondary N) is 1. The van der Waals surface area contributed by atoms with Crippen molar-refractivity contribution in [1.29, 1.82) is 0 Å². The third-order valence-electron chi connectivity index (χ3n) is 5.90. The van der Waals surface area contributed by atoms with Gasteiger partial charge in [0.05, 0.1) is 33.3 Å². The number of piperidine rings is 1. The van der Waals surface area contributed by atoms with E-state index in [9.17, 15) is 18.0 Å². The van der Waals surface area contributed by atoms with Crippen LogP contribution in [0.1, 0.15) is 47.4 Å². The fourth-order valence-electron chi connectivity index (χ4n) is 4.07. The Kier molecular flexibility index (Phi) is 6.13. The number of carbonyl (C=O) groups is 1. The molecule has 0 unspecified atom stereocenters. The second-order valence-electron chi connectivity index (χ2n) is 7.91. The fourth-order valence-corrected chi connectivity index (χ4v) is 4.42. The molecular formula is C22H23ClF3N5O. The summed E-state index contributed by atoms with van der Waals surface area (Å²) >= 11 is 6.58. The quantitative estimate of drug-likeness (QED) is 0.566. The minimum atomic E-state index is -4.44. The van der Waals surface area contributed by atoms with Gasteiger partial charge in [-0.3, -0.25) is 4.79 Å². The van der Waals surface area contributed by atoms with Crippen LogP contribution in [0.3, 0.4) is 0 Å². The van der Waals surface area contributed by atoms with Crippen LogP contribution in [-0.4, -0.2) is 45.2 Å². The highest BCUT2D eigenvalue weighted by atomic mass is 35.5. The van der Waals surface area contributed by atoms with Gasteiger partial charge in [-0.15, -0.1) is 0 Å². The summed E-state index contributed by atoms with van der Waals surface area (Å²) in [5, 5.41) is 8.08. The molecule has 2 aromatic heterocycles. The number of nitrogens with zero attached hydrogens (tertiary/aromatic N) is 4. The third kappa shape index (κ3) is 4.31. The smallest absolute Gasteiger partial charge is 0.322 e. The Morgan fingerprint density at radius 1 is 1.22 bits per heavy atom. The van der Waals surface area contributed by atoms with Crippen molar-refractivity contribution in [3.05, 3.63) is 52.3 Å². The van der Waals surface area contributed by atoms with Crippen molar-refractivity contribution in [2.75, 3.05) is 25.0 Å². The molecule has 6 nitrogen and oxygen atoms in total. The summed E-state index contributed by atoms with van der Waals surface area (Å²) in [4.78, 5) is 19.6. The van der Waals surface area contributed by atoms with Crippen molar-refractivity contribution in [1.82, 2.24) is 19.7 Å². The number of benzene rings is 1. The molecule has 1 saturated heterocycles. The van der Waals surface area contributed by atoms with Crippen LogP contribution in [0.15, 0.2) is 30.5 Å². The average molecular weight is 466 g/mol. The molecular weight excluding hydrogens is 443 g/mol. The summed E-state index contributed by atoms with van der Waals surface area (Å²) in [6.45, 7) is 6.97. The van der Waals surface area contributed by atoms with Gasteiger partial charge in [0.1, 0.15) is 0 Å². The van der Waals surface area contributed by atoms with E-state index in [1.807, 2.05) is 11.6 Å². The maximum atomic E-state index is 12.8. The third-order valence-corrected chi connectivity index (χ3v) is 6.29. The Morgan fingerprint density at radius 2 is 1.88 bits per heavy atom. The van der Waals surface area contributed by atoms with E-state index in [-0.39, 0.29) is 22.3 Å². The summed E-state index contributed by atoms with van der Waals surface area (Å²) in [7, 11) is 0. The number of amides is 1. The summed E-state index contributed by atoms with van der Waals surface area (Å²) in [6.07, 6.45) is -1.13. The SMILES string of the molecule is CCN1CCC(n2nc(C)c3c(Cl)c(C(=O)Nc4ccc(C(F)(F)F)cc4)cnc32)CC1. The van der Waals surface area contributed by atoms with Crippen LogP contribution < -0.4 is 5.32 Å². The number of alkyl halides is 3. The highest BCUT2D eigenvalue weighted by Gasteiger charge is 2.30. The molecule has 4 rings (SSSR count). The predicted octanol–water partition coefficient (Wildman–Crippen LogP) is 5.32.